The van der Waals surface area contributed by atoms with Crippen molar-refractivity contribution in [3.63, 3.8) is 0 Å². The summed E-state index contributed by atoms with van der Waals surface area (Å²) in [4.78, 5) is 37.0. The van der Waals surface area contributed by atoms with E-state index < -0.39 is 36.1 Å². The standard InChI is InChI=1S/C25H25F3N2O5/c1-14-11-30(12-15(14)10-21(31)32)23(33)22(25(26,27)28)29-24(34)35-13-20-18-8-4-2-6-16(18)17-7-3-5-9-19(17)20/h2-9,14-15,20,22H,10-13H2,1H3,(H,29,34)(H,31,32)/t14-,15-,22?/m1/s1. The zero-order valence-electron chi connectivity index (χ0n) is 18.9. The van der Waals surface area contributed by atoms with Crippen LogP contribution >= 0.6 is 0 Å². The van der Waals surface area contributed by atoms with Crippen molar-refractivity contribution in [2.75, 3.05) is 19.7 Å². The molecular formula is C25H25F3N2O5. The third kappa shape index (κ3) is 5.11. The summed E-state index contributed by atoms with van der Waals surface area (Å²) < 4.78 is 46.3. The average molecular weight is 490 g/mol. The summed E-state index contributed by atoms with van der Waals surface area (Å²) in [5.74, 6) is -3.49. The summed E-state index contributed by atoms with van der Waals surface area (Å²) in [5.41, 5.74) is 3.75. The molecule has 0 bridgehead atoms. The van der Waals surface area contributed by atoms with Gasteiger partial charge in [0, 0.05) is 19.0 Å². The van der Waals surface area contributed by atoms with E-state index in [0.717, 1.165) is 27.2 Å². The zero-order valence-corrected chi connectivity index (χ0v) is 18.9. The van der Waals surface area contributed by atoms with Crippen LogP contribution in [0.3, 0.4) is 0 Å². The molecule has 186 valence electrons. The topological polar surface area (TPSA) is 95.9 Å². The maximum Gasteiger partial charge on any atom is 0.417 e. The van der Waals surface area contributed by atoms with Crippen LogP contribution in [0.4, 0.5) is 18.0 Å². The van der Waals surface area contributed by atoms with Crippen LogP contribution in [0, 0.1) is 11.8 Å². The van der Waals surface area contributed by atoms with Gasteiger partial charge in [-0.25, -0.2) is 4.79 Å². The molecule has 2 aromatic carbocycles. The second-order valence-electron chi connectivity index (χ2n) is 9.02. The number of alkyl carbamates (subject to hydrolysis) is 1. The number of aliphatic carboxylic acids is 1. The number of carbonyl (C=O) groups is 3. The number of ether oxygens (including phenoxy) is 1. The van der Waals surface area contributed by atoms with Crippen LogP contribution in [0.15, 0.2) is 48.5 Å². The second kappa shape index (κ2) is 9.59. The molecule has 1 aliphatic heterocycles. The number of carbonyl (C=O) groups excluding carboxylic acids is 2. The van der Waals surface area contributed by atoms with Crippen LogP contribution in [0.1, 0.15) is 30.4 Å². The number of carboxylic acid groups (broad SMARTS) is 1. The quantitative estimate of drug-likeness (QED) is 0.638. The minimum atomic E-state index is -5.04. The van der Waals surface area contributed by atoms with Gasteiger partial charge in [-0.2, -0.15) is 13.2 Å². The van der Waals surface area contributed by atoms with Crippen molar-refractivity contribution in [3.8, 4) is 11.1 Å². The van der Waals surface area contributed by atoms with Crippen molar-refractivity contribution in [1.82, 2.24) is 10.2 Å². The lowest BCUT2D eigenvalue weighted by Crippen LogP contribution is -2.55. The molecule has 0 radical (unpaired) electrons. The van der Waals surface area contributed by atoms with Gasteiger partial charge in [0.2, 0.25) is 6.04 Å². The average Bonchev–Trinajstić information content (AvgIpc) is 3.32. The van der Waals surface area contributed by atoms with Gasteiger partial charge in [-0.1, -0.05) is 55.5 Å². The molecule has 1 unspecified atom stereocenters. The monoisotopic (exact) mass is 490 g/mol. The highest BCUT2D eigenvalue weighted by molar-refractivity contribution is 5.87. The summed E-state index contributed by atoms with van der Waals surface area (Å²) >= 11 is 0. The fourth-order valence-electron chi connectivity index (χ4n) is 4.93. The van der Waals surface area contributed by atoms with Crippen molar-refractivity contribution >= 4 is 18.0 Å². The second-order valence-corrected chi connectivity index (χ2v) is 9.02. The molecule has 10 heteroatoms. The van der Waals surface area contributed by atoms with Crippen LogP contribution in [0.5, 0.6) is 0 Å². The Morgan fingerprint density at radius 1 is 1.06 bits per heavy atom. The van der Waals surface area contributed by atoms with Crippen molar-refractivity contribution < 1.29 is 37.4 Å². The lowest BCUT2D eigenvalue weighted by atomic mass is 9.95. The lowest BCUT2D eigenvalue weighted by molar-refractivity contribution is -0.174. The van der Waals surface area contributed by atoms with E-state index in [1.165, 1.54) is 0 Å². The van der Waals surface area contributed by atoms with Gasteiger partial charge in [0.25, 0.3) is 5.91 Å². The summed E-state index contributed by atoms with van der Waals surface area (Å²) in [7, 11) is 0. The fraction of sp³-hybridized carbons (Fsp3) is 0.400. The Labute approximate surface area is 199 Å². The minimum Gasteiger partial charge on any atom is -0.481 e. The number of hydrogen-bond acceptors (Lipinski definition) is 4. The molecule has 3 atom stereocenters. The SMILES string of the molecule is C[C@@H]1CN(C(=O)C(NC(=O)OCC2c3ccccc3-c3ccccc32)C(F)(F)F)C[C@H]1CC(=O)O. The molecular weight excluding hydrogens is 465 g/mol. The van der Waals surface area contributed by atoms with E-state index in [0.29, 0.717) is 0 Å². The number of hydrogen-bond donors (Lipinski definition) is 2. The predicted octanol–water partition coefficient (Wildman–Crippen LogP) is 4.03. The van der Waals surface area contributed by atoms with Gasteiger partial charge in [0.05, 0.1) is 6.42 Å². The molecule has 0 aromatic heterocycles. The number of rotatable bonds is 6. The highest BCUT2D eigenvalue weighted by Gasteiger charge is 2.50. The van der Waals surface area contributed by atoms with Crippen LogP contribution in [0.2, 0.25) is 0 Å². The maximum absolute atomic E-state index is 13.7. The summed E-state index contributed by atoms with van der Waals surface area (Å²) in [6.07, 6.45) is -6.64. The van der Waals surface area contributed by atoms with Crippen LogP contribution < -0.4 is 5.32 Å². The molecule has 0 saturated carbocycles. The van der Waals surface area contributed by atoms with Crippen LogP contribution in [-0.2, 0) is 14.3 Å². The van der Waals surface area contributed by atoms with Gasteiger partial charge in [0.15, 0.2) is 0 Å². The summed E-state index contributed by atoms with van der Waals surface area (Å²) in [6, 6.07) is 12.3. The van der Waals surface area contributed by atoms with Crippen molar-refractivity contribution in [1.29, 1.82) is 0 Å². The normalized spacial score (nSPS) is 20.2. The van der Waals surface area contributed by atoms with E-state index in [1.807, 2.05) is 48.5 Å². The van der Waals surface area contributed by atoms with Gasteiger partial charge in [0.1, 0.15) is 6.61 Å². The first kappa shape index (κ1) is 24.6. The van der Waals surface area contributed by atoms with Crippen LogP contribution in [-0.4, -0.2) is 59.9 Å². The Hall–Kier alpha value is -3.56. The number of nitrogens with zero attached hydrogens (tertiary/aromatic N) is 1. The van der Waals surface area contributed by atoms with Gasteiger partial charge in [-0.05, 0) is 34.1 Å². The van der Waals surface area contributed by atoms with Crippen molar-refractivity contribution in [3.05, 3.63) is 59.7 Å². The smallest absolute Gasteiger partial charge is 0.417 e. The third-order valence-corrected chi connectivity index (χ3v) is 6.70. The minimum absolute atomic E-state index is 0.0181. The third-order valence-electron chi connectivity index (χ3n) is 6.70. The van der Waals surface area contributed by atoms with Gasteiger partial charge < -0.3 is 20.1 Å². The molecule has 7 nitrogen and oxygen atoms in total. The fourth-order valence-corrected chi connectivity index (χ4v) is 4.93. The Bertz CT molecular complexity index is 1090. The molecule has 1 aliphatic carbocycles. The Kier molecular flexibility index (Phi) is 6.73. The number of alkyl halides is 3. The molecule has 2 N–H and O–H groups in total. The van der Waals surface area contributed by atoms with E-state index in [2.05, 4.69) is 0 Å². The zero-order chi connectivity index (χ0) is 25.3. The molecule has 35 heavy (non-hydrogen) atoms. The van der Waals surface area contributed by atoms with Gasteiger partial charge in [-0.3, -0.25) is 9.59 Å². The molecule has 0 spiro atoms. The van der Waals surface area contributed by atoms with E-state index in [-0.39, 0.29) is 38.0 Å². The highest BCUT2D eigenvalue weighted by atomic mass is 19.4. The van der Waals surface area contributed by atoms with E-state index in [9.17, 15) is 27.6 Å². The number of benzene rings is 2. The number of halogens is 3. The first-order chi connectivity index (χ1) is 16.6. The first-order valence-corrected chi connectivity index (χ1v) is 11.2. The molecule has 4 rings (SSSR count). The van der Waals surface area contributed by atoms with E-state index in [1.54, 1.807) is 12.2 Å². The van der Waals surface area contributed by atoms with E-state index in [4.69, 9.17) is 9.84 Å². The molecule has 1 fully saturated rings. The Morgan fingerprint density at radius 3 is 2.17 bits per heavy atom. The number of likely N-dealkylation sites (tertiary alicyclic amines) is 1. The van der Waals surface area contributed by atoms with E-state index >= 15 is 0 Å². The first-order valence-electron chi connectivity index (χ1n) is 11.2. The molecule has 2 aromatic rings. The predicted molar refractivity (Wildman–Crippen MR) is 120 cm³/mol. The number of carboxylic acids is 1. The Balaban J connectivity index is 1.43. The Morgan fingerprint density at radius 2 is 1.63 bits per heavy atom. The molecule has 1 heterocycles. The van der Waals surface area contributed by atoms with Crippen LogP contribution in [0.25, 0.3) is 11.1 Å². The highest BCUT2D eigenvalue weighted by Crippen LogP contribution is 2.44. The van der Waals surface area contributed by atoms with Crippen molar-refractivity contribution in [2.24, 2.45) is 11.8 Å². The molecule has 1 saturated heterocycles. The number of amides is 2. The number of fused-ring (bicyclic) bond motifs is 3. The largest absolute Gasteiger partial charge is 0.481 e. The summed E-state index contributed by atoms with van der Waals surface area (Å²) in [5, 5.41) is 10.7. The molecule has 2 aliphatic rings. The summed E-state index contributed by atoms with van der Waals surface area (Å²) in [6.45, 7) is 1.35. The van der Waals surface area contributed by atoms with Crippen molar-refractivity contribution in [2.45, 2.75) is 31.5 Å². The van der Waals surface area contributed by atoms with Gasteiger partial charge >= 0.3 is 18.2 Å². The van der Waals surface area contributed by atoms with Gasteiger partial charge in [-0.15, -0.1) is 0 Å². The number of nitrogens with one attached hydrogen (secondary N) is 1. The maximum atomic E-state index is 13.7. The molecule has 2 amide bonds. The lowest BCUT2D eigenvalue weighted by Gasteiger charge is -2.26.